The Hall–Kier alpha value is 0.420. The molecule has 0 aliphatic heterocycles. The van der Waals surface area contributed by atoms with Gasteiger partial charge in [-0.25, -0.2) is 0 Å². The third-order valence-corrected chi connectivity index (χ3v) is 2.70. The molecule has 0 aliphatic carbocycles. The van der Waals surface area contributed by atoms with Crippen LogP contribution in [0.5, 0.6) is 0 Å². The first-order valence-electron chi connectivity index (χ1n) is 6.55. The molecular weight excluding hydrogens is 405 g/mol. The van der Waals surface area contributed by atoms with Crippen molar-refractivity contribution < 1.29 is 20.9 Å². The van der Waals surface area contributed by atoms with Crippen LogP contribution < -0.4 is 0 Å². The van der Waals surface area contributed by atoms with Crippen LogP contribution in [0.2, 0.25) is 0 Å². The van der Waals surface area contributed by atoms with E-state index in [0.29, 0.717) is 11.5 Å². The van der Waals surface area contributed by atoms with Crippen molar-refractivity contribution in [1.29, 1.82) is 0 Å². The van der Waals surface area contributed by atoms with E-state index < -0.39 is 0 Å². The molecule has 0 N–H and O–H groups in total. The summed E-state index contributed by atoms with van der Waals surface area (Å²) in [5.41, 5.74) is 0.380. The van der Waals surface area contributed by atoms with Crippen molar-refractivity contribution in [3.8, 4) is 0 Å². The molecule has 0 fully saturated rings. The maximum absolute atomic E-state index is 4.46. The summed E-state index contributed by atoms with van der Waals surface area (Å²) < 4.78 is 4.46. The number of rotatable bonds is 3. The quantitative estimate of drug-likeness (QED) is 0.606. The van der Waals surface area contributed by atoms with Gasteiger partial charge in [0.15, 0.2) is 0 Å². The minimum absolute atomic E-state index is 0.380. The molecule has 119 valence electrons. The topological polar surface area (TPSA) is 54.7 Å². The van der Waals surface area contributed by atoms with E-state index in [0.717, 1.165) is 0 Å². The smallest absolute Gasteiger partial charge is 0.162 e. The van der Waals surface area contributed by atoms with Crippen LogP contribution in [-0.2, 0) is 20.9 Å². The zero-order valence-electron chi connectivity index (χ0n) is 14.7. The van der Waals surface area contributed by atoms with E-state index in [-0.39, 0.29) is 0 Å². The summed E-state index contributed by atoms with van der Waals surface area (Å²) in [6.45, 7) is 9.03. The molecule has 1 unspecified atom stereocenters. The average molecular weight is 440 g/mol. The molecule has 0 aromatic carbocycles. The molecule has 0 aromatic heterocycles. The molecule has 0 spiro atoms. The fourth-order valence-electron chi connectivity index (χ4n) is 0.937. The van der Waals surface area contributed by atoms with Gasteiger partial charge in [-0.2, -0.15) is 42.3 Å². The molecule has 0 amide bonds. The Morgan fingerprint density at radius 3 is 1.21 bits per heavy atom. The number of hydrogen-bond acceptors (Lipinski definition) is 1. The summed E-state index contributed by atoms with van der Waals surface area (Å²) in [5, 5.41) is 10.5. The van der Waals surface area contributed by atoms with E-state index in [1.165, 1.54) is 33.7 Å². The third-order valence-electron chi connectivity index (χ3n) is 1.70. The molecule has 19 heavy (non-hydrogen) atoms. The summed E-state index contributed by atoms with van der Waals surface area (Å²) in [4.78, 5) is 0. The Labute approximate surface area is 134 Å². The van der Waals surface area contributed by atoms with Gasteiger partial charge in [-0.05, 0) is 0 Å². The fraction of sp³-hybridized carbons (Fsp3) is 1.00. The van der Waals surface area contributed by atoms with E-state index in [4.69, 9.17) is 0 Å². The molecule has 0 heterocycles. The van der Waals surface area contributed by atoms with Crippen LogP contribution in [0.25, 0.3) is 16.0 Å². The predicted octanol–water partition coefficient (Wildman–Crippen LogP) is 4.79. The van der Waals surface area contributed by atoms with Gasteiger partial charge in [0, 0.05) is 0 Å². The van der Waals surface area contributed by atoms with Crippen LogP contribution in [0, 0.1) is 5.41 Å². The zero-order chi connectivity index (χ0) is 16.3. The van der Waals surface area contributed by atoms with Gasteiger partial charge >= 0.3 is 76.2 Å². The van der Waals surface area contributed by atoms with Crippen molar-refractivity contribution in [2.75, 3.05) is 42.3 Å². The van der Waals surface area contributed by atoms with Crippen molar-refractivity contribution in [2.45, 2.75) is 46.6 Å². The molecule has 0 saturated heterocycles. The van der Waals surface area contributed by atoms with Crippen LogP contribution in [0.4, 0.5) is 0 Å². The van der Waals surface area contributed by atoms with Crippen LogP contribution in [0.1, 0.15) is 40.5 Å². The Morgan fingerprint density at radius 2 is 1.16 bits per heavy atom. The van der Waals surface area contributed by atoms with Crippen molar-refractivity contribution >= 4 is 0 Å². The van der Waals surface area contributed by atoms with E-state index in [9.17, 15) is 0 Å². The summed E-state index contributed by atoms with van der Waals surface area (Å²) in [5.74, 6) is 0. The molecule has 0 rings (SSSR count). The van der Waals surface area contributed by atoms with Crippen LogP contribution >= 0.6 is 0 Å². The van der Waals surface area contributed by atoms with E-state index in [2.05, 4.69) is 47.0 Å². The first-order valence-corrected chi connectivity index (χ1v) is 7.98. The Morgan fingerprint density at radius 1 is 0.895 bits per heavy atom. The van der Waals surface area contributed by atoms with Gasteiger partial charge in [0.05, 0.1) is 0 Å². The molecule has 5 heteroatoms. The van der Waals surface area contributed by atoms with Crippen molar-refractivity contribution in [1.82, 2.24) is 0 Å². The summed E-state index contributed by atoms with van der Waals surface area (Å²) >= 11 is 1.18. The second kappa shape index (κ2) is 23.5. The second-order valence-corrected chi connectivity index (χ2v) is 5.96. The van der Waals surface area contributed by atoms with Crippen molar-refractivity contribution in [3.63, 3.8) is 0 Å². The molecule has 0 radical (unpaired) electrons. The molecule has 0 bridgehead atoms. The Kier molecular flexibility index (Phi) is 34.3. The summed E-state index contributed by atoms with van der Waals surface area (Å²) in [7, 11) is 10.5. The SMILES string of the molecule is CCCC([N]=[Ta])C(C)(C)C.C[N-]C.C[N-]C.C[N-]C. The molecule has 4 nitrogen and oxygen atoms in total. The van der Waals surface area contributed by atoms with E-state index in [1.54, 1.807) is 42.3 Å². The van der Waals surface area contributed by atoms with Crippen LogP contribution in [-0.4, -0.2) is 48.3 Å². The van der Waals surface area contributed by atoms with Gasteiger partial charge in [-0.15, -0.1) is 0 Å². The summed E-state index contributed by atoms with van der Waals surface area (Å²) in [6.07, 6.45) is 2.50. The van der Waals surface area contributed by atoms with E-state index >= 15 is 0 Å². The predicted molar refractivity (Wildman–Crippen MR) is 86.2 cm³/mol. The minimum Gasteiger partial charge on any atom is -0.668 e. The van der Waals surface area contributed by atoms with Gasteiger partial charge in [0.2, 0.25) is 0 Å². The maximum Gasteiger partial charge on any atom is -0.162 e. The molecule has 0 saturated carbocycles. The molecular formula is C14H35N4Ta-3. The monoisotopic (exact) mass is 440 g/mol. The van der Waals surface area contributed by atoms with Crippen molar-refractivity contribution in [2.24, 2.45) is 8.75 Å². The van der Waals surface area contributed by atoms with Crippen molar-refractivity contribution in [3.05, 3.63) is 16.0 Å². The second-order valence-electron chi connectivity index (χ2n) is 5.13. The maximum atomic E-state index is 4.46. The fourth-order valence-corrected chi connectivity index (χ4v) is 2.60. The van der Waals surface area contributed by atoms with Gasteiger partial charge < -0.3 is 16.0 Å². The third kappa shape index (κ3) is 38.1. The summed E-state index contributed by atoms with van der Waals surface area (Å²) in [6, 6.07) is 0.589. The Balaban J connectivity index is -0.000000103. The normalized spacial score (nSPS) is 10.6. The van der Waals surface area contributed by atoms with Crippen LogP contribution in [0.3, 0.4) is 0 Å². The largest absolute Gasteiger partial charge is 0.668 e. The van der Waals surface area contributed by atoms with Crippen LogP contribution in [0.15, 0.2) is 3.34 Å². The van der Waals surface area contributed by atoms with Gasteiger partial charge in [-0.3, -0.25) is 0 Å². The zero-order valence-corrected chi connectivity index (χ0v) is 17.9. The average Bonchev–Trinajstić information content (AvgIpc) is 2.27. The molecule has 1 atom stereocenters. The molecule has 0 aromatic rings. The Bertz CT molecular complexity index is 142. The number of nitrogens with zero attached hydrogens (tertiary/aromatic N) is 4. The van der Waals surface area contributed by atoms with Gasteiger partial charge in [0.1, 0.15) is 0 Å². The number of hydrogen-bond donors (Lipinski definition) is 0. The van der Waals surface area contributed by atoms with Gasteiger partial charge in [-0.1, -0.05) is 0 Å². The first kappa shape index (κ1) is 27.7. The van der Waals surface area contributed by atoms with E-state index in [1.807, 2.05) is 0 Å². The molecule has 0 aliphatic rings. The van der Waals surface area contributed by atoms with Gasteiger partial charge in [0.25, 0.3) is 0 Å². The first-order chi connectivity index (χ1) is 8.76. The minimum atomic E-state index is 0.380. The standard InChI is InChI=1S/C8H17N.3C2H6N.Ta/c1-5-6-7(9)8(2,3)4;3*1-3-2;/h7H,5-6H2,1-4H3;3*1-2H3;/q;3*-1;.